The number of rotatable bonds is 3. The molecule has 1 rings (SSSR count). The third-order valence-electron chi connectivity index (χ3n) is 1.72. The van der Waals surface area contributed by atoms with Crippen LogP contribution in [0.25, 0.3) is 0 Å². The molecule has 0 N–H and O–H groups in total. The predicted molar refractivity (Wildman–Crippen MR) is 44.8 cm³/mol. The number of hydrogen-bond donors (Lipinski definition) is 0. The smallest absolute Gasteiger partial charge is 0.430 e. The van der Waals surface area contributed by atoms with Crippen LogP contribution in [0, 0.1) is 0 Å². The molecule has 0 fully saturated rings. The molecule has 1 aromatic rings. The zero-order valence-electron chi connectivity index (χ0n) is 8.65. The first-order chi connectivity index (χ1) is 8.50. The van der Waals surface area contributed by atoms with Gasteiger partial charge in [0, 0.05) is 0 Å². The minimum atomic E-state index is -5.34. The summed E-state index contributed by atoms with van der Waals surface area (Å²) in [4.78, 5) is 0. The molecule has 2 nitrogen and oxygen atoms in total. The molecule has 0 unspecified atom stereocenters. The topological polar surface area (TPSA) is 18.5 Å². The van der Waals surface area contributed by atoms with Gasteiger partial charge in [0.05, 0.1) is 0 Å². The largest absolute Gasteiger partial charge is 0.573 e. The number of alkyl halides is 8. The van der Waals surface area contributed by atoms with Gasteiger partial charge in [0.1, 0.15) is 5.56 Å². The molecule has 1 aromatic carbocycles. The highest BCUT2D eigenvalue weighted by Gasteiger charge is 2.39. The molecule has 0 saturated heterocycles. The van der Waals surface area contributed by atoms with Gasteiger partial charge < -0.3 is 9.47 Å². The Morgan fingerprint density at radius 2 is 1.53 bits per heavy atom. The van der Waals surface area contributed by atoms with Gasteiger partial charge in [-0.05, 0) is 12.1 Å². The monoisotopic (exact) mass is 296 g/mol. The number of halogens is 8. The van der Waals surface area contributed by atoms with Crippen molar-refractivity contribution in [1.82, 2.24) is 0 Å². The van der Waals surface area contributed by atoms with Crippen molar-refractivity contribution in [3.05, 3.63) is 23.8 Å². The molecule has 0 saturated carbocycles. The fourth-order valence-corrected chi connectivity index (χ4v) is 1.15. The third kappa shape index (κ3) is 4.45. The van der Waals surface area contributed by atoms with Crippen LogP contribution in [-0.2, 0) is 6.18 Å². The highest BCUT2D eigenvalue weighted by atomic mass is 19.4. The maximum absolute atomic E-state index is 12.4. The standard InChI is InChI=1S/C9H4F8O2/c10-7(11)18-6-4(8(12,13)14)2-1-3-5(6)19-9(15,16)17/h1-3,7H. The van der Waals surface area contributed by atoms with Crippen molar-refractivity contribution in [2.45, 2.75) is 19.2 Å². The molecule has 0 aromatic heterocycles. The van der Waals surface area contributed by atoms with Gasteiger partial charge >= 0.3 is 19.2 Å². The Kier molecular flexibility index (Phi) is 4.11. The summed E-state index contributed by atoms with van der Waals surface area (Å²) < 4.78 is 104. The molecule has 0 aliphatic carbocycles. The second-order valence-electron chi connectivity index (χ2n) is 3.06. The third-order valence-corrected chi connectivity index (χ3v) is 1.72. The van der Waals surface area contributed by atoms with E-state index in [0.717, 1.165) is 0 Å². The first-order valence-corrected chi connectivity index (χ1v) is 4.41. The van der Waals surface area contributed by atoms with E-state index in [4.69, 9.17) is 0 Å². The van der Waals surface area contributed by atoms with Crippen LogP contribution in [0.1, 0.15) is 5.56 Å². The van der Waals surface area contributed by atoms with Gasteiger partial charge in [0.25, 0.3) is 0 Å². The van der Waals surface area contributed by atoms with E-state index in [-0.39, 0.29) is 0 Å². The zero-order chi connectivity index (χ0) is 14.8. The lowest BCUT2D eigenvalue weighted by Crippen LogP contribution is -2.20. The lowest BCUT2D eigenvalue weighted by atomic mass is 10.2. The van der Waals surface area contributed by atoms with E-state index in [1.807, 2.05) is 0 Å². The van der Waals surface area contributed by atoms with E-state index in [9.17, 15) is 35.1 Å². The Labute approximate surface area is 100 Å². The summed E-state index contributed by atoms with van der Waals surface area (Å²) >= 11 is 0. The van der Waals surface area contributed by atoms with Gasteiger partial charge in [0.15, 0.2) is 11.5 Å². The van der Waals surface area contributed by atoms with Crippen molar-refractivity contribution in [3.63, 3.8) is 0 Å². The number of benzene rings is 1. The van der Waals surface area contributed by atoms with Gasteiger partial charge in [-0.2, -0.15) is 22.0 Å². The van der Waals surface area contributed by atoms with Crippen molar-refractivity contribution in [2.24, 2.45) is 0 Å². The quantitative estimate of drug-likeness (QED) is 0.778. The molecular formula is C9H4F8O2. The van der Waals surface area contributed by atoms with Crippen LogP contribution in [0.5, 0.6) is 11.5 Å². The molecule has 0 aliphatic rings. The molecule has 0 radical (unpaired) electrons. The van der Waals surface area contributed by atoms with Gasteiger partial charge in [0.2, 0.25) is 0 Å². The molecular weight excluding hydrogens is 292 g/mol. The van der Waals surface area contributed by atoms with Crippen molar-refractivity contribution in [1.29, 1.82) is 0 Å². The summed E-state index contributed by atoms with van der Waals surface area (Å²) in [5, 5.41) is 0. The molecule has 10 heteroatoms. The van der Waals surface area contributed by atoms with Crippen LogP contribution in [0.4, 0.5) is 35.1 Å². The van der Waals surface area contributed by atoms with Crippen molar-refractivity contribution in [3.8, 4) is 11.5 Å². The summed E-state index contributed by atoms with van der Waals surface area (Å²) in [7, 11) is 0. The Balaban J connectivity index is 3.30. The van der Waals surface area contributed by atoms with Crippen molar-refractivity contribution in [2.75, 3.05) is 0 Å². The number of ether oxygens (including phenoxy) is 2. The molecule has 0 spiro atoms. The Bertz CT molecular complexity index is 437. The van der Waals surface area contributed by atoms with Gasteiger partial charge in [-0.15, -0.1) is 13.2 Å². The fourth-order valence-electron chi connectivity index (χ4n) is 1.15. The first kappa shape index (κ1) is 15.3. The lowest BCUT2D eigenvalue weighted by molar-refractivity contribution is -0.275. The summed E-state index contributed by atoms with van der Waals surface area (Å²) in [6.07, 6.45) is -10.5. The lowest BCUT2D eigenvalue weighted by Gasteiger charge is -2.17. The van der Waals surface area contributed by atoms with E-state index in [1.165, 1.54) is 0 Å². The molecule has 0 bridgehead atoms. The molecule has 0 atom stereocenters. The zero-order valence-corrected chi connectivity index (χ0v) is 8.65. The average molecular weight is 296 g/mol. The number of para-hydroxylation sites is 1. The Morgan fingerprint density at radius 1 is 0.947 bits per heavy atom. The van der Waals surface area contributed by atoms with Gasteiger partial charge in [-0.25, -0.2) is 0 Å². The van der Waals surface area contributed by atoms with Crippen LogP contribution in [0.3, 0.4) is 0 Å². The van der Waals surface area contributed by atoms with Gasteiger partial charge in [-0.3, -0.25) is 0 Å². The van der Waals surface area contributed by atoms with Crippen molar-refractivity contribution >= 4 is 0 Å². The summed E-state index contributed by atoms with van der Waals surface area (Å²) in [6.45, 7) is -3.74. The molecule has 0 heterocycles. The van der Waals surface area contributed by atoms with Crippen LogP contribution in [0.2, 0.25) is 0 Å². The van der Waals surface area contributed by atoms with E-state index in [2.05, 4.69) is 9.47 Å². The maximum Gasteiger partial charge on any atom is 0.573 e. The fraction of sp³-hybridized carbons (Fsp3) is 0.333. The summed E-state index contributed by atoms with van der Waals surface area (Å²) in [6, 6.07) is 1.30. The van der Waals surface area contributed by atoms with E-state index in [1.54, 1.807) is 0 Å². The SMILES string of the molecule is FC(F)Oc1c(OC(F)(F)F)cccc1C(F)(F)F. The molecule has 0 amide bonds. The summed E-state index contributed by atoms with van der Waals surface area (Å²) in [5.41, 5.74) is -1.80. The van der Waals surface area contributed by atoms with Crippen LogP contribution < -0.4 is 9.47 Å². The van der Waals surface area contributed by atoms with E-state index >= 15 is 0 Å². The highest BCUT2D eigenvalue weighted by molar-refractivity contribution is 5.48. The summed E-state index contributed by atoms with van der Waals surface area (Å²) in [5.74, 6) is -3.22. The first-order valence-electron chi connectivity index (χ1n) is 4.41. The number of hydrogen-bond acceptors (Lipinski definition) is 2. The van der Waals surface area contributed by atoms with Crippen molar-refractivity contribution < 1.29 is 44.6 Å². The molecule has 0 aliphatic heterocycles. The van der Waals surface area contributed by atoms with E-state index < -0.39 is 36.2 Å². The van der Waals surface area contributed by atoms with Crippen LogP contribution in [0.15, 0.2) is 18.2 Å². The van der Waals surface area contributed by atoms with Crippen LogP contribution in [-0.4, -0.2) is 13.0 Å². The Morgan fingerprint density at radius 3 is 1.95 bits per heavy atom. The second kappa shape index (κ2) is 5.10. The minimum Gasteiger partial charge on any atom is -0.430 e. The molecule has 108 valence electrons. The average Bonchev–Trinajstić information content (AvgIpc) is 2.15. The van der Waals surface area contributed by atoms with E-state index in [0.29, 0.717) is 18.2 Å². The Hall–Kier alpha value is -1.74. The highest BCUT2D eigenvalue weighted by Crippen LogP contribution is 2.43. The molecule has 19 heavy (non-hydrogen) atoms. The normalized spacial score (nSPS) is 12.7. The van der Waals surface area contributed by atoms with Gasteiger partial charge in [-0.1, -0.05) is 6.07 Å². The minimum absolute atomic E-state index is 0.293. The predicted octanol–water partition coefficient (Wildman–Crippen LogP) is 4.21. The maximum atomic E-state index is 12.4. The second-order valence-corrected chi connectivity index (χ2v) is 3.06. The van der Waals surface area contributed by atoms with Crippen LogP contribution >= 0.6 is 0 Å².